The van der Waals surface area contributed by atoms with E-state index in [9.17, 15) is 24.1 Å². The third-order valence-electron chi connectivity index (χ3n) is 9.72. The SMILES string of the molecule is CCc1ccc([C@@H]2O[C@H](SC)[C@@H](O)[C@H](O)[C@H]2O)cc1Cc1ccc(O[C@H]2CCN(C3CO[C@H](c4cc(F)ccc4F)[C@@H](N)C3)C2)cc1. The van der Waals surface area contributed by atoms with E-state index in [0.29, 0.717) is 19.4 Å². The molecule has 3 aliphatic rings. The Hall–Kier alpha value is -2.61. The molecule has 3 fully saturated rings. The van der Waals surface area contributed by atoms with Crippen molar-refractivity contribution in [3.05, 3.63) is 100 Å². The fourth-order valence-corrected chi connectivity index (χ4v) is 7.75. The molecule has 3 aromatic carbocycles. The quantitative estimate of drug-likeness (QED) is 0.265. The number of benzene rings is 3. The molecular weight excluding hydrogens is 626 g/mol. The zero-order chi connectivity index (χ0) is 33.2. The molecule has 6 rings (SSSR count). The van der Waals surface area contributed by atoms with Crippen LogP contribution in [0, 0.1) is 11.6 Å². The molecule has 9 atom stereocenters. The summed E-state index contributed by atoms with van der Waals surface area (Å²) in [5.41, 5.74) is 10.1. The fourth-order valence-electron chi connectivity index (χ4n) is 7.08. The van der Waals surface area contributed by atoms with Gasteiger partial charge in [0.2, 0.25) is 0 Å². The van der Waals surface area contributed by atoms with E-state index in [-0.39, 0.29) is 17.7 Å². The normalized spacial score (nSPS) is 31.6. The number of ether oxygens (including phenoxy) is 3. The second-order valence-corrected chi connectivity index (χ2v) is 13.8. The van der Waals surface area contributed by atoms with Gasteiger partial charge in [-0.15, -0.1) is 11.8 Å². The van der Waals surface area contributed by atoms with Gasteiger partial charge in [0.25, 0.3) is 0 Å². The van der Waals surface area contributed by atoms with E-state index in [1.807, 2.05) is 30.3 Å². The number of hydrogen-bond donors (Lipinski definition) is 4. The minimum absolute atomic E-state index is 0.0136. The molecule has 0 radical (unpaired) electrons. The van der Waals surface area contributed by atoms with Gasteiger partial charge in [0.15, 0.2) is 0 Å². The molecule has 5 N–H and O–H groups in total. The number of likely N-dealkylation sites (tertiary alicyclic amines) is 1. The van der Waals surface area contributed by atoms with Crippen LogP contribution in [0.25, 0.3) is 0 Å². The minimum Gasteiger partial charge on any atom is -0.489 e. The van der Waals surface area contributed by atoms with Gasteiger partial charge in [0.1, 0.15) is 59.4 Å². The molecule has 0 saturated carbocycles. The third kappa shape index (κ3) is 7.52. The smallest absolute Gasteiger partial charge is 0.132 e. The van der Waals surface area contributed by atoms with Gasteiger partial charge in [0.05, 0.1) is 6.61 Å². The predicted octanol–water partition coefficient (Wildman–Crippen LogP) is 4.27. The summed E-state index contributed by atoms with van der Waals surface area (Å²) in [5, 5.41) is 31.4. The zero-order valence-corrected chi connectivity index (χ0v) is 27.5. The Bertz CT molecular complexity index is 1510. The number of aryl methyl sites for hydroxylation is 1. The molecule has 3 aliphatic heterocycles. The molecule has 0 amide bonds. The summed E-state index contributed by atoms with van der Waals surface area (Å²) in [5.74, 6) is -0.228. The average molecular weight is 671 g/mol. The summed E-state index contributed by atoms with van der Waals surface area (Å²) >= 11 is 1.30. The second kappa shape index (κ2) is 14.9. The van der Waals surface area contributed by atoms with E-state index in [1.54, 1.807) is 6.26 Å². The topological polar surface area (TPSA) is 118 Å². The van der Waals surface area contributed by atoms with Gasteiger partial charge in [-0.3, -0.25) is 4.90 Å². The van der Waals surface area contributed by atoms with Crippen molar-refractivity contribution in [2.75, 3.05) is 26.0 Å². The number of aliphatic hydroxyl groups is 3. The second-order valence-electron chi connectivity index (χ2n) is 12.8. The molecule has 11 heteroatoms. The van der Waals surface area contributed by atoms with Gasteiger partial charge in [-0.25, -0.2) is 8.78 Å². The standard InChI is InChI=1S/C36H44F2N2O6S/c1-3-21-6-7-22(34-32(42)31(41)33(43)36(46-34)47-2)15-23(21)14-20-4-9-26(10-5-20)45-27-12-13-40(18-27)25-17-30(39)35(44-19-25)28-16-24(37)8-11-29(28)38/h4-11,15-16,25,27,30-36,41-43H,3,12-14,17-19,39H2,1-2H3/t25?,27-,30-,31+,32+,33-,34-,35+,36+/m0/s1. The number of hydrogen-bond acceptors (Lipinski definition) is 9. The molecule has 0 bridgehead atoms. The molecule has 1 unspecified atom stereocenters. The van der Waals surface area contributed by atoms with E-state index in [1.165, 1.54) is 23.4 Å². The van der Waals surface area contributed by atoms with Crippen LogP contribution in [-0.4, -0.2) is 88.1 Å². The van der Waals surface area contributed by atoms with E-state index in [4.69, 9.17) is 19.9 Å². The summed E-state index contributed by atoms with van der Waals surface area (Å²) in [6.07, 6.45) is -0.289. The number of aliphatic hydroxyl groups excluding tert-OH is 3. The molecule has 3 heterocycles. The number of rotatable bonds is 9. The number of thioether (sulfide) groups is 1. The lowest BCUT2D eigenvalue weighted by atomic mass is 9.90. The summed E-state index contributed by atoms with van der Waals surface area (Å²) in [6, 6.07) is 17.1. The Labute approximate surface area is 278 Å². The maximum atomic E-state index is 14.3. The van der Waals surface area contributed by atoms with E-state index < -0.39 is 53.6 Å². The van der Waals surface area contributed by atoms with E-state index >= 15 is 0 Å². The van der Waals surface area contributed by atoms with Gasteiger partial charge in [-0.1, -0.05) is 37.3 Å². The van der Waals surface area contributed by atoms with Crippen molar-refractivity contribution >= 4 is 11.8 Å². The van der Waals surface area contributed by atoms with Gasteiger partial charge in [-0.2, -0.15) is 0 Å². The first-order valence-electron chi connectivity index (χ1n) is 16.3. The minimum atomic E-state index is -1.29. The predicted molar refractivity (Wildman–Crippen MR) is 176 cm³/mol. The molecule has 0 spiro atoms. The summed E-state index contributed by atoms with van der Waals surface area (Å²) < 4.78 is 46.4. The molecule has 0 aliphatic carbocycles. The Morgan fingerprint density at radius 3 is 2.47 bits per heavy atom. The highest BCUT2D eigenvalue weighted by atomic mass is 32.2. The Morgan fingerprint density at radius 1 is 0.957 bits per heavy atom. The summed E-state index contributed by atoms with van der Waals surface area (Å²) in [6.45, 7) is 4.06. The van der Waals surface area contributed by atoms with Crippen LogP contribution in [0.5, 0.6) is 5.75 Å². The van der Waals surface area contributed by atoms with Crippen molar-refractivity contribution < 1.29 is 38.3 Å². The number of nitrogens with zero attached hydrogens (tertiary/aromatic N) is 1. The maximum Gasteiger partial charge on any atom is 0.132 e. The Morgan fingerprint density at radius 2 is 1.74 bits per heavy atom. The Kier molecular flexibility index (Phi) is 10.8. The molecule has 254 valence electrons. The zero-order valence-electron chi connectivity index (χ0n) is 26.7. The van der Waals surface area contributed by atoms with Crippen LogP contribution in [0.1, 0.15) is 59.8 Å². The van der Waals surface area contributed by atoms with Crippen molar-refractivity contribution in [1.82, 2.24) is 4.90 Å². The van der Waals surface area contributed by atoms with Gasteiger partial charge < -0.3 is 35.3 Å². The summed E-state index contributed by atoms with van der Waals surface area (Å²) in [4.78, 5) is 2.31. The first-order valence-corrected chi connectivity index (χ1v) is 17.6. The average Bonchev–Trinajstić information content (AvgIpc) is 3.54. The van der Waals surface area contributed by atoms with Crippen molar-refractivity contribution in [2.45, 2.75) is 86.8 Å². The largest absolute Gasteiger partial charge is 0.489 e. The lowest BCUT2D eigenvalue weighted by molar-refractivity contribution is -0.200. The molecule has 0 aromatic heterocycles. The highest BCUT2D eigenvalue weighted by Crippen LogP contribution is 2.37. The summed E-state index contributed by atoms with van der Waals surface area (Å²) in [7, 11) is 0. The van der Waals surface area contributed by atoms with Gasteiger partial charge in [-0.05, 0) is 84.5 Å². The van der Waals surface area contributed by atoms with Crippen LogP contribution in [0.15, 0.2) is 60.7 Å². The number of nitrogens with two attached hydrogens (primary N) is 1. The van der Waals surface area contributed by atoms with Gasteiger partial charge >= 0.3 is 0 Å². The Balaban J connectivity index is 1.05. The van der Waals surface area contributed by atoms with Crippen LogP contribution < -0.4 is 10.5 Å². The molecule has 3 aromatic rings. The fraction of sp³-hybridized carbons (Fsp3) is 0.500. The van der Waals surface area contributed by atoms with E-state index in [2.05, 4.69) is 24.0 Å². The van der Waals surface area contributed by atoms with Gasteiger partial charge in [0, 0.05) is 30.7 Å². The number of halogens is 2. The lowest BCUT2D eigenvalue weighted by Gasteiger charge is -2.40. The van der Waals surface area contributed by atoms with Crippen molar-refractivity contribution in [2.24, 2.45) is 5.73 Å². The van der Waals surface area contributed by atoms with Crippen LogP contribution in [0.4, 0.5) is 8.78 Å². The van der Waals surface area contributed by atoms with Crippen LogP contribution >= 0.6 is 11.8 Å². The highest BCUT2D eigenvalue weighted by molar-refractivity contribution is 7.99. The molecule has 8 nitrogen and oxygen atoms in total. The van der Waals surface area contributed by atoms with Crippen molar-refractivity contribution in [3.63, 3.8) is 0 Å². The highest BCUT2D eigenvalue weighted by Gasteiger charge is 2.44. The molecule has 3 saturated heterocycles. The monoisotopic (exact) mass is 670 g/mol. The van der Waals surface area contributed by atoms with Crippen LogP contribution in [0.2, 0.25) is 0 Å². The maximum absolute atomic E-state index is 14.3. The third-order valence-corrected chi connectivity index (χ3v) is 10.6. The van der Waals surface area contributed by atoms with Crippen LogP contribution in [-0.2, 0) is 22.3 Å². The molecule has 47 heavy (non-hydrogen) atoms. The van der Waals surface area contributed by atoms with Crippen molar-refractivity contribution in [3.8, 4) is 5.75 Å². The first kappa shape index (κ1) is 34.3. The first-order chi connectivity index (χ1) is 22.6. The molecular formula is C36H44F2N2O6S. The lowest BCUT2D eigenvalue weighted by Crippen LogP contribution is -2.52. The van der Waals surface area contributed by atoms with Crippen LogP contribution in [0.3, 0.4) is 0 Å². The van der Waals surface area contributed by atoms with Crippen molar-refractivity contribution in [1.29, 1.82) is 0 Å². The van der Waals surface area contributed by atoms with E-state index in [0.717, 1.165) is 60.5 Å².